The van der Waals surface area contributed by atoms with E-state index in [0.29, 0.717) is 12.8 Å². The zero-order valence-corrected chi connectivity index (χ0v) is 11.7. The maximum absolute atomic E-state index is 9.01. The monoisotopic (exact) mass is 245 g/mol. The maximum atomic E-state index is 9.01. The highest BCUT2D eigenvalue weighted by molar-refractivity contribution is 4.82. The molecule has 0 spiro atoms. The first-order valence-corrected chi connectivity index (χ1v) is 7.15. The predicted octanol–water partition coefficient (Wildman–Crippen LogP) is 2.46. The van der Waals surface area contributed by atoms with E-state index >= 15 is 0 Å². The molecule has 0 aliphatic carbocycles. The first kappa shape index (κ1) is 16.9. The number of aliphatic hydroxyl groups is 2. The van der Waals surface area contributed by atoms with Crippen molar-refractivity contribution in [1.29, 1.82) is 0 Å². The molecule has 0 aromatic heterocycles. The minimum absolute atomic E-state index is 0.104. The number of nitrogens with one attached hydrogen (secondary N) is 1. The normalized spacial score (nSPS) is 12.0. The molecule has 0 fully saturated rings. The van der Waals surface area contributed by atoms with Crippen LogP contribution >= 0.6 is 0 Å². The van der Waals surface area contributed by atoms with Crippen molar-refractivity contribution in [3.05, 3.63) is 0 Å². The van der Waals surface area contributed by atoms with Crippen molar-refractivity contribution in [2.24, 2.45) is 0 Å². The summed E-state index contributed by atoms with van der Waals surface area (Å²) in [5.74, 6) is 0. The molecular weight excluding hydrogens is 214 g/mol. The molecule has 0 aromatic carbocycles. The lowest BCUT2D eigenvalue weighted by Gasteiger charge is -2.30. The van der Waals surface area contributed by atoms with Crippen molar-refractivity contribution in [2.75, 3.05) is 19.8 Å². The molecule has 0 rings (SSSR count). The van der Waals surface area contributed by atoms with E-state index in [2.05, 4.69) is 19.2 Å². The molecule has 0 saturated heterocycles. The van der Waals surface area contributed by atoms with Crippen LogP contribution in [0.4, 0.5) is 0 Å². The van der Waals surface area contributed by atoms with Crippen LogP contribution in [0.3, 0.4) is 0 Å². The van der Waals surface area contributed by atoms with Gasteiger partial charge in [-0.3, -0.25) is 0 Å². The summed E-state index contributed by atoms with van der Waals surface area (Å²) in [7, 11) is 0. The molecule has 0 aromatic rings. The lowest BCUT2D eigenvalue weighted by molar-refractivity contribution is 0.175. The number of hydrogen-bond donors (Lipinski definition) is 3. The Morgan fingerprint density at radius 2 is 1.41 bits per heavy atom. The van der Waals surface area contributed by atoms with Crippen molar-refractivity contribution in [3.8, 4) is 0 Å². The van der Waals surface area contributed by atoms with E-state index in [4.69, 9.17) is 10.2 Å². The van der Waals surface area contributed by atoms with Crippen LogP contribution < -0.4 is 5.32 Å². The first-order valence-electron chi connectivity index (χ1n) is 7.15. The Kier molecular flexibility index (Phi) is 10.9. The summed E-state index contributed by atoms with van der Waals surface area (Å²) in [4.78, 5) is 0. The van der Waals surface area contributed by atoms with Gasteiger partial charge in [0.2, 0.25) is 0 Å². The second-order valence-corrected chi connectivity index (χ2v) is 5.20. The van der Waals surface area contributed by atoms with Crippen LogP contribution in [0.2, 0.25) is 0 Å². The van der Waals surface area contributed by atoms with Gasteiger partial charge in [0.1, 0.15) is 0 Å². The van der Waals surface area contributed by atoms with Crippen LogP contribution in [-0.2, 0) is 0 Å². The lowest BCUT2D eigenvalue weighted by atomic mass is 9.94. The Hall–Kier alpha value is -0.120. The van der Waals surface area contributed by atoms with Gasteiger partial charge in [0.05, 0.1) is 0 Å². The molecule has 0 atom stereocenters. The third kappa shape index (κ3) is 9.57. The molecule has 3 heteroatoms. The van der Waals surface area contributed by atoms with Crippen LogP contribution in [0.1, 0.15) is 65.2 Å². The fourth-order valence-electron chi connectivity index (χ4n) is 2.09. The Bertz CT molecular complexity index is 156. The van der Waals surface area contributed by atoms with Gasteiger partial charge in [0.15, 0.2) is 0 Å². The molecule has 0 heterocycles. The Morgan fingerprint density at radius 1 is 0.882 bits per heavy atom. The van der Waals surface area contributed by atoms with E-state index in [9.17, 15) is 0 Å². The topological polar surface area (TPSA) is 52.5 Å². The zero-order valence-electron chi connectivity index (χ0n) is 11.7. The summed E-state index contributed by atoms with van der Waals surface area (Å²) in [5.41, 5.74) is -0.104. The van der Waals surface area contributed by atoms with Crippen molar-refractivity contribution in [1.82, 2.24) is 5.32 Å². The molecule has 0 aliphatic heterocycles. The number of aliphatic hydroxyl groups excluding tert-OH is 2. The van der Waals surface area contributed by atoms with Crippen molar-refractivity contribution in [2.45, 2.75) is 70.8 Å². The molecule has 0 unspecified atom stereocenters. The van der Waals surface area contributed by atoms with Crippen LogP contribution in [0.25, 0.3) is 0 Å². The average Bonchev–Trinajstić information content (AvgIpc) is 2.28. The van der Waals surface area contributed by atoms with Gasteiger partial charge in [-0.25, -0.2) is 0 Å². The van der Waals surface area contributed by atoms with E-state index in [1.165, 1.54) is 38.5 Å². The summed E-state index contributed by atoms with van der Waals surface area (Å²) in [6.07, 6.45) is 9.21. The second-order valence-electron chi connectivity index (χ2n) is 5.20. The zero-order chi connectivity index (χ0) is 13.0. The fraction of sp³-hybridized carbons (Fsp3) is 1.00. The second kappa shape index (κ2) is 11.0. The van der Waals surface area contributed by atoms with Crippen LogP contribution in [0, 0.1) is 0 Å². The summed E-state index contributed by atoms with van der Waals surface area (Å²) in [6, 6.07) is 0. The van der Waals surface area contributed by atoms with Crippen LogP contribution in [-0.4, -0.2) is 35.5 Å². The van der Waals surface area contributed by atoms with Crippen LogP contribution in [0.15, 0.2) is 0 Å². The quantitative estimate of drug-likeness (QED) is 0.463. The van der Waals surface area contributed by atoms with Crippen molar-refractivity contribution in [3.63, 3.8) is 0 Å². The van der Waals surface area contributed by atoms with E-state index in [1.54, 1.807) is 0 Å². The standard InChI is InChI=1S/C14H31NO2/c1-3-4-5-6-7-8-11-15-14(2,9-12-16)10-13-17/h15-17H,3-13H2,1-2H3. The van der Waals surface area contributed by atoms with Crippen molar-refractivity contribution < 1.29 is 10.2 Å². The molecule has 17 heavy (non-hydrogen) atoms. The Morgan fingerprint density at radius 3 is 1.94 bits per heavy atom. The highest BCUT2D eigenvalue weighted by atomic mass is 16.3. The Balaban J connectivity index is 3.54. The number of rotatable bonds is 12. The van der Waals surface area contributed by atoms with Gasteiger partial charge in [0.25, 0.3) is 0 Å². The van der Waals surface area contributed by atoms with E-state index in [-0.39, 0.29) is 18.8 Å². The van der Waals surface area contributed by atoms with Gasteiger partial charge >= 0.3 is 0 Å². The summed E-state index contributed by atoms with van der Waals surface area (Å²) < 4.78 is 0. The molecule has 0 bridgehead atoms. The van der Waals surface area contributed by atoms with Gasteiger partial charge in [-0.1, -0.05) is 39.0 Å². The largest absolute Gasteiger partial charge is 0.396 e. The summed E-state index contributed by atoms with van der Waals surface area (Å²) in [5, 5.41) is 21.5. The van der Waals surface area contributed by atoms with Gasteiger partial charge in [0, 0.05) is 18.8 Å². The maximum Gasteiger partial charge on any atom is 0.0448 e. The number of unbranched alkanes of at least 4 members (excludes halogenated alkanes) is 5. The molecule has 0 radical (unpaired) electrons. The number of hydrogen-bond acceptors (Lipinski definition) is 3. The minimum Gasteiger partial charge on any atom is -0.396 e. The molecule has 0 aliphatic rings. The SMILES string of the molecule is CCCCCCCCNC(C)(CCO)CCO. The fourth-order valence-corrected chi connectivity index (χ4v) is 2.09. The molecule has 3 nitrogen and oxygen atoms in total. The van der Waals surface area contributed by atoms with Crippen molar-refractivity contribution >= 4 is 0 Å². The third-order valence-electron chi connectivity index (χ3n) is 3.41. The first-order chi connectivity index (χ1) is 8.18. The summed E-state index contributed by atoms with van der Waals surface area (Å²) >= 11 is 0. The van der Waals surface area contributed by atoms with Gasteiger partial charge in [-0.05, 0) is 32.7 Å². The van der Waals surface area contributed by atoms with E-state index in [0.717, 1.165) is 6.54 Å². The Labute approximate surface area is 107 Å². The highest BCUT2D eigenvalue weighted by Gasteiger charge is 2.21. The average molecular weight is 245 g/mol. The molecule has 0 amide bonds. The van der Waals surface area contributed by atoms with Gasteiger partial charge in [-0.15, -0.1) is 0 Å². The van der Waals surface area contributed by atoms with E-state index in [1.807, 2.05) is 0 Å². The molecule has 0 saturated carbocycles. The smallest absolute Gasteiger partial charge is 0.0448 e. The molecule has 104 valence electrons. The highest BCUT2D eigenvalue weighted by Crippen LogP contribution is 2.14. The summed E-state index contributed by atoms with van der Waals surface area (Å²) in [6.45, 7) is 5.66. The van der Waals surface area contributed by atoms with E-state index < -0.39 is 0 Å². The molecule has 3 N–H and O–H groups in total. The molecular formula is C14H31NO2. The van der Waals surface area contributed by atoms with Crippen LogP contribution in [0.5, 0.6) is 0 Å². The predicted molar refractivity (Wildman–Crippen MR) is 73.2 cm³/mol. The lowest BCUT2D eigenvalue weighted by Crippen LogP contribution is -2.44. The van der Waals surface area contributed by atoms with Gasteiger partial charge < -0.3 is 15.5 Å². The van der Waals surface area contributed by atoms with Gasteiger partial charge in [-0.2, -0.15) is 0 Å². The third-order valence-corrected chi connectivity index (χ3v) is 3.41. The minimum atomic E-state index is -0.104.